The lowest BCUT2D eigenvalue weighted by Gasteiger charge is -2.09. The van der Waals surface area contributed by atoms with Crippen molar-refractivity contribution in [1.82, 2.24) is 19.5 Å². The molecule has 4 nitrogen and oxygen atoms in total. The molecule has 11 rings (SSSR count). The highest BCUT2D eigenvalue weighted by Gasteiger charge is 2.19. The molecule has 0 saturated carbocycles. The van der Waals surface area contributed by atoms with Gasteiger partial charge in [-0.05, 0) is 30.3 Å². The number of para-hydroxylation sites is 2. The Labute approximate surface area is 307 Å². The van der Waals surface area contributed by atoms with Crippen molar-refractivity contribution in [3.05, 3.63) is 158 Å². The maximum Gasteiger partial charge on any atom is 0.165 e. The molecule has 0 aliphatic rings. The Morgan fingerprint density at radius 1 is 0.451 bits per heavy atom. The van der Waals surface area contributed by atoms with E-state index in [4.69, 9.17) is 21.8 Å². The summed E-state index contributed by atoms with van der Waals surface area (Å²) in [5.41, 5.74) is 4.91. The van der Waals surface area contributed by atoms with Crippen molar-refractivity contribution < 1.29 is 6.85 Å². The SMILES string of the molecule is [2H]c1c([2H])c([2H])c(-c2nc(-c3ccccc3)nc(-c3cccc4c3sc3c4ccc4c5ccc(-n6c7ccccc7c7ccccc76)cc5sc43)n2)c([2H])c1[2H]. The van der Waals surface area contributed by atoms with Crippen LogP contribution in [0.5, 0.6) is 0 Å². The molecule has 0 amide bonds. The second-order valence-electron chi connectivity index (χ2n) is 12.4. The smallest absolute Gasteiger partial charge is 0.165 e. The molecule has 238 valence electrons. The molecule has 0 fully saturated rings. The molecule has 0 aliphatic heterocycles. The summed E-state index contributed by atoms with van der Waals surface area (Å²) in [5.74, 6) is 0.734. The first-order valence-corrected chi connectivity index (χ1v) is 18.2. The second-order valence-corrected chi connectivity index (χ2v) is 14.5. The van der Waals surface area contributed by atoms with Crippen molar-refractivity contribution in [2.24, 2.45) is 0 Å². The van der Waals surface area contributed by atoms with E-state index in [1.54, 1.807) is 22.7 Å². The molecule has 0 N–H and O–H groups in total. The van der Waals surface area contributed by atoms with Gasteiger partial charge in [0.05, 0.1) is 27.3 Å². The lowest BCUT2D eigenvalue weighted by atomic mass is 10.1. The van der Waals surface area contributed by atoms with Crippen LogP contribution >= 0.6 is 22.7 Å². The minimum atomic E-state index is -0.466. The Hall–Kier alpha value is -6.21. The van der Waals surface area contributed by atoms with E-state index >= 15 is 0 Å². The number of hydrogen-bond donors (Lipinski definition) is 0. The standard InChI is InChI=1S/C45H26N4S2/c1-3-12-27(13-4-1)43-46-44(28-14-5-2-6-15-28)48-45(47-43)36-19-11-18-33-35-25-24-34-32-23-22-29(26-39(32)50-41(34)42(35)51-40(33)36)49-37-20-9-7-16-30(37)31-17-8-10-21-38(31)49/h1-26H/i1D,3D,4D,12D,13D. The summed E-state index contributed by atoms with van der Waals surface area (Å²) >= 11 is 3.50. The first-order chi connectivity index (χ1) is 27.4. The van der Waals surface area contributed by atoms with E-state index in [9.17, 15) is 0 Å². The third kappa shape index (κ3) is 4.40. The lowest BCUT2D eigenvalue weighted by molar-refractivity contribution is 1.08. The Kier molecular flexibility index (Phi) is 5.25. The van der Waals surface area contributed by atoms with Crippen LogP contribution in [-0.2, 0) is 0 Å². The largest absolute Gasteiger partial charge is 0.309 e. The minimum Gasteiger partial charge on any atom is -0.309 e. The summed E-state index contributed by atoms with van der Waals surface area (Å²) in [7, 11) is 0. The van der Waals surface area contributed by atoms with Gasteiger partial charge in [0.25, 0.3) is 0 Å². The number of hydrogen-bond acceptors (Lipinski definition) is 5. The van der Waals surface area contributed by atoms with Crippen LogP contribution in [0, 0.1) is 0 Å². The molecule has 0 bridgehead atoms. The monoisotopic (exact) mass is 691 g/mol. The molecule has 0 atom stereocenters. The van der Waals surface area contributed by atoms with Crippen molar-refractivity contribution in [1.29, 1.82) is 0 Å². The predicted molar refractivity (Wildman–Crippen MR) is 216 cm³/mol. The summed E-state index contributed by atoms with van der Waals surface area (Å²) in [4.78, 5) is 14.5. The van der Waals surface area contributed by atoms with E-state index in [1.807, 2.05) is 42.5 Å². The van der Waals surface area contributed by atoms with E-state index in [0.29, 0.717) is 11.6 Å². The number of benzene rings is 7. The Bertz CT molecular complexity index is 3360. The Morgan fingerprint density at radius 3 is 1.80 bits per heavy atom. The average Bonchev–Trinajstić information content (AvgIpc) is 3.92. The quantitative estimate of drug-likeness (QED) is 0.184. The average molecular weight is 692 g/mol. The summed E-state index contributed by atoms with van der Waals surface area (Å²) in [6.07, 6.45) is 0. The van der Waals surface area contributed by atoms with Crippen molar-refractivity contribution in [3.8, 4) is 39.9 Å². The summed E-state index contributed by atoms with van der Waals surface area (Å²) in [5, 5.41) is 7.08. The summed E-state index contributed by atoms with van der Waals surface area (Å²) in [6.45, 7) is 0. The first kappa shape index (κ1) is 24.0. The molecule has 4 aromatic heterocycles. The van der Waals surface area contributed by atoms with Gasteiger partial charge in [-0.15, -0.1) is 22.7 Å². The van der Waals surface area contributed by atoms with Crippen molar-refractivity contribution in [3.63, 3.8) is 0 Å². The number of aromatic nitrogens is 4. The highest BCUT2D eigenvalue weighted by molar-refractivity contribution is 7.33. The number of fused-ring (bicyclic) bond motifs is 10. The van der Waals surface area contributed by atoms with Crippen LogP contribution in [0.25, 0.3) is 102 Å². The zero-order valence-electron chi connectivity index (χ0n) is 31.7. The van der Waals surface area contributed by atoms with Crippen LogP contribution < -0.4 is 0 Å². The fourth-order valence-corrected chi connectivity index (χ4v) is 9.96. The van der Waals surface area contributed by atoms with Crippen LogP contribution in [0.1, 0.15) is 6.85 Å². The van der Waals surface area contributed by atoms with E-state index in [-0.39, 0.29) is 23.5 Å². The van der Waals surface area contributed by atoms with Gasteiger partial charge in [-0.25, -0.2) is 15.0 Å². The molecule has 11 aromatic rings. The van der Waals surface area contributed by atoms with Crippen molar-refractivity contribution in [2.75, 3.05) is 0 Å². The van der Waals surface area contributed by atoms with Crippen LogP contribution in [0.3, 0.4) is 0 Å². The van der Waals surface area contributed by atoms with Gasteiger partial charge < -0.3 is 4.57 Å². The van der Waals surface area contributed by atoms with Crippen molar-refractivity contribution >= 4 is 84.8 Å². The fraction of sp³-hybridized carbons (Fsp3) is 0. The summed E-state index contributed by atoms with van der Waals surface area (Å²) in [6, 6.07) is 41.8. The molecular weight excluding hydrogens is 661 g/mol. The Morgan fingerprint density at radius 2 is 1.04 bits per heavy atom. The third-order valence-corrected chi connectivity index (χ3v) is 12.1. The molecule has 4 heterocycles. The normalized spacial score (nSPS) is 13.3. The van der Waals surface area contributed by atoms with Crippen LogP contribution in [0.15, 0.2) is 158 Å². The van der Waals surface area contributed by atoms with Crippen LogP contribution in [-0.4, -0.2) is 19.5 Å². The molecule has 51 heavy (non-hydrogen) atoms. The van der Waals surface area contributed by atoms with E-state index in [1.165, 1.54) is 46.7 Å². The molecular formula is C45H26N4S2. The van der Waals surface area contributed by atoms with Gasteiger partial charge in [-0.2, -0.15) is 0 Å². The zero-order valence-corrected chi connectivity index (χ0v) is 28.4. The van der Waals surface area contributed by atoms with Gasteiger partial charge >= 0.3 is 0 Å². The Balaban J connectivity index is 1.12. The number of rotatable bonds is 4. The van der Waals surface area contributed by atoms with Crippen LogP contribution in [0.4, 0.5) is 0 Å². The number of nitrogens with zero attached hydrogens (tertiary/aromatic N) is 4. The number of thiophene rings is 2. The van der Waals surface area contributed by atoms with E-state index in [2.05, 4.69) is 89.5 Å². The lowest BCUT2D eigenvalue weighted by Crippen LogP contribution is -2.00. The van der Waals surface area contributed by atoms with Crippen molar-refractivity contribution in [2.45, 2.75) is 0 Å². The molecule has 0 aliphatic carbocycles. The van der Waals surface area contributed by atoms with Gasteiger partial charge in [0.1, 0.15) is 0 Å². The maximum atomic E-state index is 8.70. The topological polar surface area (TPSA) is 43.6 Å². The highest BCUT2D eigenvalue weighted by atomic mass is 32.1. The van der Waals surface area contributed by atoms with E-state index < -0.39 is 18.1 Å². The van der Waals surface area contributed by atoms with E-state index in [0.717, 1.165) is 32.3 Å². The van der Waals surface area contributed by atoms with Crippen LogP contribution in [0.2, 0.25) is 0 Å². The highest BCUT2D eigenvalue weighted by Crippen LogP contribution is 2.47. The van der Waals surface area contributed by atoms with Gasteiger partial charge in [-0.3, -0.25) is 0 Å². The molecule has 7 aromatic carbocycles. The van der Waals surface area contributed by atoms with Gasteiger partial charge in [-0.1, -0.05) is 127 Å². The fourth-order valence-electron chi connectivity index (χ4n) is 7.28. The van der Waals surface area contributed by atoms with Gasteiger partial charge in [0.2, 0.25) is 0 Å². The third-order valence-electron chi connectivity index (χ3n) is 9.56. The second kappa shape index (κ2) is 11.2. The molecule has 0 saturated heterocycles. The summed E-state index contributed by atoms with van der Waals surface area (Å²) < 4.78 is 49.2. The molecule has 6 heteroatoms. The molecule has 0 spiro atoms. The molecule has 0 unspecified atom stereocenters. The molecule has 0 radical (unpaired) electrons. The van der Waals surface area contributed by atoms with Gasteiger partial charge in [0.15, 0.2) is 17.5 Å². The zero-order chi connectivity index (χ0) is 37.8. The maximum absolute atomic E-state index is 8.70. The first-order valence-electron chi connectivity index (χ1n) is 19.0. The van der Waals surface area contributed by atoms with Gasteiger partial charge in [0, 0.05) is 64.1 Å². The minimum absolute atomic E-state index is 0.0231. The predicted octanol–water partition coefficient (Wildman–Crippen LogP) is 12.7.